The van der Waals surface area contributed by atoms with E-state index in [2.05, 4.69) is 15.4 Å². The number of aliphatic hydroxyl groups excluding tert-OH is 1. The molecule has 13 heteroatoms. The summed E-state index contributed by atoms with van der Waals surface area (Å²) in [4.78, 5) is 40.2. The number of aromatic nitrogens is 3. The zero-order valence-electron chi connectivity index (χ0n) is 20.5. The Morgan fingerprint density at radius 1 is 1.30 bits per heavy atom. The molecule has 13 nitrogen and oxygen atoms in total. The minimum absolute atomic E-state index is 0.118. The zero-order valence-corrected chi connectivity index (χ0v) is 20.5. The molecular weight excluding hydrogens is 484 g/mol. The minimum atomic E-state index is -2.04. The number of nitrogens with one attached hydrogen (secondary N) is 1. The van der Waals surface area contributed by atoms with Crippen molar-refractivity contribution < 1.29 is 33.7 Å². The number of rotatable bonds is 8. The SMILES string of the molecule is CC(=O)Nc1ncnn2c([C@]3(C#N)O[C@H](COC(=O)CN)[C@@H](OC(=O)CC4CCCCC4)[C@H]3O)ccc12. The molecule has 2 aromatic rings. The quantitative estimate of drug-likeness (QED) is 0.417. The Labute approximate surface area is 212 Å². The summed E-state index contributed by atoms with van der Waals surface area (Å²) in [6.07, 6.45) is 2.33. The molecular formula is C24H30N6O7. The number of nitrogens with two attached hydrogens (primary N) is 1. The second-order valence-corrected chi connectivity index (χ2v) is 9.30. The van der Waals surface area contributed by atoms with Gasteiger partial charge in [0.25, 0.3) is 0 Å². The van der Waals surface area contributed by atoms with Crippen LogP contribution in [0.1, 0.15) is 51.1 Å². The van der Waals surface area contributed by atoms with Crippen molar-refractivity contribution in [1.29, 1.82) is 5.26 Å². The molecule has 0 aromatic carbocycles. The lowest BCUT2D eigenvalue weighted by Crippen LogP contribution is -2.43. The Morgan fingerprint density at radius 3 is 2.73 bits per heavy atom. The van der Waals surface area contributed by atoms with Gasteiger partial charge in [0.15, 0.2) is 11.9 Å². The Hall–Kier alpha value is -3.60. The maximum Gasteiger partial charge on any atom is 0.319 e. The van der Waals surface area contributed by atoms with Gasteiger partial charge in [-0.15, -0.1) is 0 Å². The second-order valence-electron chi connectivity index (χ2n) is 9.30. The molecule has 0 bridgehead atoms. The van der Waals surface area contributed by atoms with Gasteiger partial charge < -0.3 is 30.4 Å². The van der Waals surface area contributed by atoms with Crippen LogP contribution in [0.3, 0.4) is 0 Å². The third kappa shape index (κ3) is 5.41. The standard InChI is InChI=1S/C24H30N6O7/c1-14(31)29-23-16-7-8-18(30(16)28-13-27-23)24(12-26)22(34)21(17(37-24)11-35-20(33)10-25)36-19(32)9-15-5-3-2-4-6-15/h7-8,13,15,17,21-22,34H,2-6,9-11,25H2,1H3,(H,27,28,29,31)/t17-,21-,22-,24+/m1/s1. The van der Waals surface area contributed by atoms with Gasteiger partial charge in [0, 0.05) is 13.3 Å². The van der Waals surface area contributed by atoms with E-state index in [1.165, 1.54) is 23.8 Å². The van der Waals surface area contributed by atoms with Crippen LogP contribution in [0.25, 0.3) is 5.52 Å². The number of hydrogen-bond acceptors (Lipinski definition) is 11. The number of amides is 1. The number of nitriles is 1. The predicted octanol–water partition coefficient (Wildman–Crippen LogP) is 0.550. The van der Waals surface area contributed by atoms with Crippen LogP contribution in [0.5, 0.6) is 0 Å². The van der Waals surface area contributed by atoms with Crippen molar-refractivity contribution in [3.05, 3.63) is 24.2 Å². The van der Waals surface area contributed by atoms with Crippen molar-refractivity contribution in [2.45, 2.75) is 69.4 Å². The molecule has 0 unspecified atom stereocenters. The summed E-state index contributed by atoms with van der Waals surface area (Å²) in [5.41, 5.74) is 3.75. The van der Waals surface area contributed by atoms with Crippen LogP contribution in [-0.4, -0.2) is 69.0 Å². The van der Waals surface area contributed by atoms with E-state index in [0.717, 1.165) is 32.1 Å². The van der Waals surface area contributed by atoms with E-state index in [4.69, 9.17) is 19.9 Å². The molecule has 1 amide bonds. The summed E-state index contributed by atoms with van der Waals surface area (Å²) in [7, 11) is 0. The first-order valence-electron chi connectivity index (χ1n) is 12.2. The number of hydrogen-bond donors (Lipinski definition) is 3. The molecule has 2 fully saturated rings. The van der Waals surface area contributed by atoms with Crippen molar-refractivity contribution in [1.82, 2.24) is 14.6 Å². The summed E-state index contributed by atoms with van der Waals surface area (Å²) in [5.74, 6) is -1.23. The van der Waals surface area contributed by atoms with E-state index in [-0.39, 0.29) is 36.3 Å². The fourth-order valence-electron chi connectivity index (χ4n) is 4.98. The molecule has 2 aromatic heterocycles. The predicted molar refractivity (Wildman–Crippen MR) is 127 cm³/mol. The number of fused-ring (bicyclic) bond motifs is 1. The Bertz CT molecular complexity index is 1200. The second kappa shape index (κ2) is 11.2. The Kier molecular flexibility index (Phi) is 8.01. The highest BCUT2D eigenvalue weighted by molar-refractivity contribution is 5.91. The average Bonchev–Trinajstić information content (AvgIpc) is 3.43. The summed E-state index contributed by atoms with van der Waals surface area (Å²) < 4.78 is 18.1. The largest absolute Gasteiger partial charge is 0.462 e. The molecule has 1 saturated heterocycles. The molecule has 4 N–H and O–H groups in total. The molecule has 0 spiro atoms. The molecule has 1 aliphatic heterocycles. The smallest absolute Gasteiger partial charge is 0.319 e. The topological polar surface area (TPSA) is 191 Å². The third-order valence-corrected chi connectivity index (χ3v) is 6.75. The molecule has 1 aliphatic carbocycles. The lowest BCUT2D eigenvalue weighted by molar-refractivity contribution is -0.160. The number of esters is 2. The van der Waals surface area contributed by atoms with Gasteiger partial charge in [0.2, 0.25) is 11.5 Å². The zero-order chi connectivity index (χ0) is 26.6. The van der Waals surface area contributed by atoms with E-state index in [1.54, 1.807) is 6.07 Å². The van der Waals surface area contributed by atoms with Crippen LogP contribution in [0.4, 0.5) is 5.82 Å². The van der Waals surface area contributed by atoms with E-state index in [9.17, 15) is 24.8 Å². The van der Waals surface area contributed by atoms with Gasteiger partial charge in [-0.1, -0.05) is 19.3 Å². The fourth-order valence-corrected chi connectivity index (χ4v) is 4.98. The van der Waals surface area contributed by atoms with Gasteiger partial charge in [-0.3, -0.25) is 14.4 Å². The van der Waals surface area contributed by atoms with Crippen LogP contribution in [-0.2, 0) is 34.2 Å². The van der Waals surface area contributed by atoms with E-state index in [0.29, 0.717) is 5.52 Å². The van der Waals surface area contributed by atoms with E-state index >= 15 is 0 Å². The van der Waals surface area contributed by atoms with Crippen LogP contribution in [0, 0.1) is 17.2 Å². The van der Waals surface area contributed by atoms with Gasteiger partial charge in [0.1, 0.15) is 36.7 Å². The molecule has 2 aliphatic rings. The summed E-state index contributed by atoms with van der Waals surface area (Å²) >= 11 is 0. The summed E-state index contributed by atoms with van der Waals surface area (Å²) in [5, 5.41) is 28.4. The fraction of sp³-hybridized carbons (Fsp3) is 0.583. The van der Waals surface area contributed by atoms with Gasteiger partial charge in [-0.25, -0.2) is 9.50 Å². The molecule has 4 atom stereocenters. The lowest BCUT2D eigenvalue weighted by Gasteiger charge is -2.25. The van der Waals surface area contributed by atoms with E-state index in [1.807, 2.05) is 6.07 Å². The van der Waals surface area contributed by atoms with Crippen molar-refractivity contribution in [3.63, 3.8) is 0 Å². The maximum atomic E-state index is 12.8. The third-order valence-electron chi connectivity index (χ3n) is 6.75. The molecule has 4 rings (SSSR count). The van der Waals surface area contributed by atoms with Gasteiger partial charge >= 0.3 is 11.9 Å². The first-order valence-corrected chi connectivity index (χ1v) is 12.2. The number of ether oxygens (including phenoxy) is 3. The molecule has 198 valence electrons. The Morgan fingerprint density at radius 2 is 2.05 bits per heavy atom. The van der Waals surface area contributed by atoms with Crippen LogP contribution >= 0.6 is 0 Å². The van der Waals surface area contributed by atoms with Crippen LogP contribution < -0.4 is 11.1 Å². The molecule has 37 heavy (non-hydrogen) atoms. The monoisotopic (exact) mass is 514 g/mol. The highest BCUT2D eigenvalue weighted by Crippen LogP contribution is 2.42. The van der Waals surface area contributed by atoms with Gasteiger partial charge in [0.05, 0.1) is 12.2 Å². The highest BCUT2D eigenvalue weighted by Gasteiger charge is 2.60. The first-order chi connectivity index (χ1) is 17.8. The van der Waals surface area contributed by atoms with Crippen LogP contribution in [0.15, 0.2) is 18.5 Å². The average molecular weight is 515 g/mol. The Balaban J connectivity index is 1.65. The number of carbonyl (C=O) groups is 3. The lowest BCUT2D eigenvalue weighted by atomic mass is 9.87. The van der Waals surface area contributed by atoms with Gasteiger partial charge in [-0.2, -0.15) is 10.4 Å². The maximum absolute atomic E-state index is 12.8. The van der Waals surface area contributed by atoms with Crippen LogP contribution in [0.2, 0.25) is 0 Å². The van der Waals surface area contributed by atoms with Crippen molar-refractivity contribution >= 4 is 29.2 Å². The number of nitrogens with zero attached hydrogens (tertiary/aromatic N) is 4. The summed E-state index contributed by atoms with van der Waals surface area (Å²) in [6, 6.07) is 5.06. The minimum Gasteiger partial charge on any atom is -0.462 e. The molecule has 0 radical (unpaired) electrons. The summed E-state index contributed by atoms with van der Waals surface area (Å²) in [6.45, 7) is 0.548. The van der Waals surface area contributed by atoms with Gasteiger partial charge in [-0.05, 0) is 30.9 Å². The van der Waals surface area contributed by atoms with E-state index < -0.39 is 42.5 Å². The van der Waals surface area contributed by atoms with Crippen molar-refractivity contribution in [3.8, 4) is 6.07 Å². The molecule has 1 saturated carbocycles. The number of aliphatic hydroxyl groups is 1. The number of anilines is 1. The highest BCUT2D eigenvalue weighted by atomic mass is 16.6. The number of carbonyl (C=O) groups excluding carboxylic acids is 3. The first kappa shape index (κ1) is 26.5. The van der Waals surface area contributed by atoms with Crippen molar-refractivity contribution in [2.24, 2.45) is 11.7 Å². The molecule has 3 heterocycles. The van der Waals surface area contributed by atoms with Crippen molar-refractivity contribution in [2.75, 3.05) is 18.5 Å². The normalized spacial score (nSPS) is 25.9.